The van der Waals surface area contributed by atoms with E-state index in [-0.39, 0.29) is 17.2 Å². The molecule has 2 rings (SSSR count). The summed E-state index contributed by atoms with van der Waals surface area (Å²) in [5.41, 5.74) is -1.44. The lowest BCUT2D eigenvalue weighted by atomic mass is 10.1. The Labute approximate surface area is 171 Å². The van der Waals surface area contributed by atoms with Gasteiger partial charge in [0.15, 0.2) is 6.61 Å². The summed E-state index contributed by atoms with van der Waals surface area (Å²) in [5.74, 6) is -2.23. The molecule has 2 N–H and O–H groups in total. The minimum Gasteiger partial charge on any atom is -0.452 e. The molecular weight excluding hydrogens is 401 g/mol. The summed E-state index contributed by atoms with van der Waals surface area (Å²) >= 11 is 0. The minimum absolute atomic E-state index is 0.190. The summed E-state index contributed by atoms with van der Waals surface area (Å²) in [7, 11) is 0. The molecular formula is C21H21F3N2O4. The summed E-state index contributed by atoms with van der Waals surface area (Å²) < 4.78 is 43.7. The Morgan fingerprint density at radius 2 is 1.57 bits per heavy atom. The molecule has 0 aliphatic carbocycles. The van der Waals surface area contributed by atoms with Crippen molar-refractivity contribution in [3.63, 3.8) is 0 Å². The fourth-order valence-electron chi connectivity index (χ4n) is 2.49. The van der Waals surface area contributed by atoms with Crippen LogP contribution >= 0.6 is 0 Å². The van der Waals surface area contributed by atoms with Crippen molar-refractivity contribution in [2.75, 3.05) is 18.5 Å². The number of anilines is 1. The van der Waals surface area contributed by atoms with Gasteiger partial charge in [-0.1, -0.05) is 38.1 Å². The van der Waals surface area contributed by atoms with E-state index in [1.165, 1.54) is 18.2 Å². The number of halogens is 3. The molecule has 0 saturated carbocycles. The van der Waals surface area contributed by atoms with Crippen molar-refractivity contribution < 1.29 is 32.3 Å². The van der Waals surface area contributed by atoms with Crippen LogP contribution < -0.4 is 10.6 Å². The summed E-state index contributed by atoms with van der Waals surface area (Å²) in [4.78, 5) is 36.4. The van der Waals surface area contributed by atoms with Crippen molar-refractivity contribution in [2.45, 2.75) is 20.0 Å². The number of hydrogen-bond acceptors (Lipinski definition) is 4. The molecule has 0 atom stereocenters. The summed E-state index contributed by atoms with van der Waals surface area (Å²) in [6, 6.07) is 10.3. The quantitative estimate of drug-likeness (QED) is 0.663. The third-order valence-electron chi connectivity index (χ3n) is 3.90. The number of alkyl halides is 3. The number of nitrogens with one attached hydrogen (secondary N) is 2. The number of carbonyl (C=O) groups is 3. The average molecular weight is 422 g/mol. The van der Waals surface area contributed by atoms with Crippen LogP contribution in [-0.2, 0) is 15.7 Å². The molecule has 0 aliphatic rings. The summed E-state index contributed by atoms with van der Waals surface area (Å²) in [6.07, 6.45) is -4.74. The van der Waals surface area contributed by atoms with E-state index < -0.39 is 41.7 Å². The van der Waals surface area contributed by atoms with E-state index in [2.05, 4.69) is 10.6 Å². The molecule has 0 unspecified atom stereocenters. The van der Waals surface area contributed by atoms with Gasteiger partial charge in [-0.2, -0.15) is 13.2 Å². The van der Waals surface area contributed by atoms with Crippen molar-refractivity contribution in [1.82, 2.24) is 5.32 Å². The number of esters is 1. The van der Waals surface area contributed by atoms with Gasteiger partial charge in [-0.3, -0.25) is 9.59 Å². The van der Waals surface area contributed by atoms with Gasteiger partial charge in [-0.05, 0) is 30.2 Å². The molecule has 0 bridgehead atoms. The van der Waals surface area contributed by atoms with Gasteiger partial charge in [0.25, 0.3) is 11.8 Å². The zero-order valence-corrected chi connectivity index (χ0v) is 16.4. The lowest BCUT2D eigenvalue weighted by Crippen LogP contribution is -2.29. The molecule has 2 aromatic carbocycles. The van der Waals surface area contributed by atoms with Crippen LogP contribution in [0.2, 0.25) is 0 Å². The lowest BCUT2D eigenvalue weighted by molar-refractivity contribution is -0.138. The molecule has 0 saturated heterocycles. The Balaban J connectivity index is 2.03. The summed E-state index contributed by atoms with van der Waals surface area (Å²) in [5, 5.41) is 5.15. The molecule has 0 spiro atoms. The molecule has 0 aromatic heterocycles. The van der Waals surface area contributed by atoms with Crippen molar-refractivity contribution >= 4 is 23.5 Å². The van der Waals surface area contributed by atoms with Gasteiger partial charge in [0.2, 0.25) is 0 Å². The number of amides is 2. The highest BCUT2D eigenvalue weighted by molar-refractivity contribution is 6.04. The van der Waals surface area contributed by atoms with E-state index in [4.69, 9.17) is 4.74 Å². The molecule has 9 heteroatoms. The first kappa shape index (κ1) is 22.9. The van der Waals surface area contributed by atoms with Crippen LogP contribution in [0.3, 0.4) is 0 Å². The van der Waals surface area contributed by atoms with Crippen LogP contribution in [0.1, 0.15) is 40.1 Å². The predicted molar refractivity (Wildman–Crippen MR) is 104 cm³/mol. The number of ether oxygens (including phenoxy) is 1. The van der Waals surface area contributed by atoms with E-state index in [1.54, 1.807) is 12.1 Å². The summed E-state index contributed by atoms with van der Waals surface area (Å²) in [6.45, 7) is 3.49. The van der Waals surface area contributed by atoms with Gasteiger partial charge in [-0.25, -0.2) is 4.79 Å². The van der Waals surface area contributed by atoms with Crippen molar-refractivity contribution in [3.8, 4) is 0 Å². The molecule has 2 amide bonds. The zero-order chi connectivity index (χ0) is 22.3. The molecule has 30 heavy (non-hydrogen) atoms. The van der Waals surface area contributed by atoms with Gasteiger partial charge < -0.3 is 15.4 Å². The molecule has 6 nitrogen and oxygen atoms in total. The maximum atomic E-state index is 13.0. The van der Waals surface area contributed by atoms with Gasteiger partial charge in [0, 0.05) is 6.54 Å². The normalized spacial score (nSPS) is 11.1. The van der Waals surface area contributed by atoms with Crippen LogP contribution in [0.15, 0.2) is 48.5 Å². The number of hydrogen-bond donors (Lipinski definition) is 2. The molecule has 0 aliphatic heterocycles. The third kappa shape index (κ3) is 6.33. The highest BCUT2D eigenvalue weighted by Crippen LogP contribution is 2.32. The fraction of sp³-hybridized carbons (Fsp3) is 0.286. The maximum Gasteiger partial charge on any atom is 0.417 e. The maximum absolute atomic E-state index is 13.0. The first-order chi connectivity index (χ1) is 14.1. The standard InChI is InChI=1S/C21H21F3N2O4/c1-13(2)11-25-19(28)15-8-4-6-10-17(15)26-18(27)12-30-20(29)14-7-3-5-9-16(14)21(22,23)24/h3-10,13H,11-12H2,1-2H3,(H,25,28)(H,26,27). The number of rotatable bonds is 7. The van der Waals surface area contributed by atoms with Crippen molar-refractivity contribution in [3.05, 3.63) is 65.2 Å². The molecule has 0 fully saturated rings. The largest absolute Gasteiger partial charge is 0.452 e. The highest BCUT2D eigenvalue weighted by atomic mass is 19.4. The van der Waals surface area contributed by atoms with E-state index in [1.807, 2.05) is 13.8 Å². The molecule has 2 aromatic rings. The van der Waals surface area contributed by atoms with Crippen LogP contribution in [0.5, 0.6) is 0 Å². The minimum atomic E-state index is -4.74. The Morgan fingerprint density at radius 1 is 0.967 bits per heavy atom. The number of para-hydroxylation sites is 1. The van der Waals surface area contributed by atoms with Crippen LogP contribution in [0, 0.1) is 5.92 Å². The second-order valence-corrected chi connectivity index (χ2v) is 6.82. The Morgan fingerprint density at radius 3 is 2.20 bits per heavy atom. The fourth-order valence-corrected chi connectivity index (χ4v) is 2.49. The Kier molecular flexibility index (Phi) is 7.57. The number of benzene rings is 2. The van der Waals surface area contributed by atoms with Gasteiger partial charge >= 0.3 is 12.1 Å². The van der Waals surface area contributed by atoms with E-state index in [9.17, 15) is 27.6 Å². The topological polar surface area (TPSA) is 84.5 Å². The SMILES string of the molecule is CC(C)CNC(=O)c1ccccc1NC(=O)COC(=O)c1ccccc1C(F)(F)F. The molecule has 0 heterocycles. The number of carbonyl (C=O) groups excluding carboxylic acids is 3. The van der Waals surface area contributed by atoms with Gasteiger partial charge in [0.05, 0.1) is 22.4 Å². The zero-order valence-electron chi connectivity index (χ0n) is 16.4. The van der Waals surface area contributed by atoms with Crippen LogP contribution in [0.4, 0.5) is 18.9 Å². The van der Waals surface area contributed by atoms with E-state index in [0.29, 0.717) is 6.54 Å². The molecule has 160 valence electrons. The molecule has 0 radical (unpaired) electrons. The highest BCUT2D eigenvalue weighted by Gasteiger charge is 2.35. The smallest absolute Gasteiger partial charge is 0.417 e. The second kappa shape index (κ2) is 9.91. The lowest BCUT2D eigenvalue weighted by Gasteiger charge is -2.13. The van der Waals surface area contributed by atoms with Gasteiger partial charge in [0.1, 0.15) is 0 Å². The Hall–Kier alpha value is -3.36. The first-order valence-corrected chi connectivity index (χ1v) is 9.10. The van der Waals surface area contributed by atoms with Crippen LogP contribution in [-0.4, -0.2) is 30.9 Å². The van der Waals surface area contributed by atoms with E-state index in [0.717, 1.165) is 18.2 Å². The van der Waals surface area contributed by atoms with Gasteiger partial charge in [-0.15, -0.1) is 0 Å². The first-order valence-electron chi connectivity index (χ1n) is 9.10. The third-order valence-corrected chi connectivity index (χ3v) is 3.90. The second-order valence-electron chi connectivity index (χ2n) is 6.82. The predicted octanol–water partition coefficient (Wildman–Crippen LogP) is 3.89. The van der Waals surface area contributed by atoms with E-state index >= 15 is 0 Å². The van der Waals surface area contributed by atoms with Crippen LogP contribution in [0.25, 0.3) is 0 Å². The average Bonchev–Trinajstić information content (AvgIpc) is 2.70. The van der Waals surface area contributed by atoms with Crippen molar-refractivity contribution in [1.29, 1.82) is 0 Å². The Bertz CT molecular complexity index is 926. The monoisotopic (exact) mass is 422 g/mol. The van der Waals surface area contributed by atoms with Crippen molar-refractivity contribution in [2.24, 2.45) is 5.92 Å².